The van der Waals surface area contributed by atoms with Crippen molar-refractivity contribution in [3.05, 3.63) is 0 Å². The van der Waals surface area contributed by atoms with Crippen molar-refractivity contribution >= 4 is 5.91 Å². The van der Waals surface area contributed by atoms with Gasteiger partial charge in [0, 0.05) is 39.3 Å². The summed E-state index contributed by atoms with van der Waals surface area (Å²) in [6, 6.07) is 0. The molecule has 0 aromatic heterocycles. The van der Waals surface area contributed by atoms with Crippen LogP contribution >= 0.6 is 0 Å². The van der Waals surface area contributed by atoms with Crippen LogP contribution in [-0.2, 0) is 9.53 Å². The zero-order valence-corrected chi connectivity index (χ0v) is 10.8. The highest BCUT2D eigenvalue weighted by Gasteiger charge is 2.33. The molecule has 2 heterocycles. The van der Waals surface area contributed by atoms with E-state index in [2.05, 4.69) is 4.90 Å². The maximum atomic E-state index is 12.2. The van der Waals surface area contributed by atoms with E-state index in [9.17, 15) is 4.79 Å². The van der Waals surface area contributed by atoms with Crippen LogP contribution in [0.15, 0.2) is 0 Å². The first kappa shape index (κ1) is 13.7. The highest BCUT2D eigenvalue weighted by atomic mass is 16.5. The summed E-state index contributed by atoms with van der Waals surface area (Å²) in [6.07, 6.45) is 1.44. The van der Waals surface area contributed by atoms with Gasteiger partial charge >= 0.3 is 0 Å². The van der Waals surface area contributed by atoms with Gasteiger partial charge in [0.1, 0.15) is 6.10 Å². The van der Waals surface area contributed by atoms with Gasteiger partial charge in [0.05, 0.1) is 12.7 Å². The molecule has 0 aliphatic carbocycles. The normalized spacial score (nSPS) is 29.8. The fourth-order valence-electron chi connectivity index (χ4n) is 2.60. The van der Waals surface area contributed by atoms with Crippen LogP contribution in [0.4, 0.5) is 0 Å². The molecule has 1 amide bonds. The van der Waals surface area contributed by atoms with Crippen LogP contribution in [0.5, 0.6) is 0 Å². The number of nitrogens with two attached hydrogens (primary N) is 1. The number of amides is 1. The summed E-state index contributed by atoms with van der Waals surface area (Å²) in [7, 11) is 0. The maximum absolute atomic E-state index is 12.2. The van der Waals surface area contributed by atoms with Crippen molar-refractivity contribution in [1.29, 1.82) is 0 Å². The van der Waals surface area contributed by atoms with E-state index >= 15 is 0 Å². The summed E-state index contributed by atoms with van der Waals surface area (Å²) in [5.74, 6) is 0.106. The van der Waals surface area contributed by atoms with Crippen LogP contribution in [0.1, 0.15) is 12.8 Å². The van der Waals surface area contributed by atoms with Crippen LogP contribution < -0.4 is 5.73 Å². The first-order chi connectivity index (χ1) is 8.74. The van der Waals surface area contributed by atoms with Crippen molar-refractivity contribution in [3.8, 4) is 0 Å². The molecule has 2 aliphatic rings. The van der Waals surface area contributed by atoms with Gasteiger partial charge < -0.3 is 20.5 Å². The molecule has 18 heavy (non-hydrogen) atoms. The van der Waals surface area contributed by atoms with E-state index in [4.69, 9.17) is 15.6 Å². The minimum Gasteiger partial charge on any atom is -0.395 e. The second-order valence-corrected chi connectivity index (χ2v) is 4.95. The van der Waals surface area contributed by atoms with E-state index in [1.807, 2.05) is 4.90 Å². The molecule has 0 aromatic carbocycles. The van der Waals surface area contributed by atoms with Crippen molar-refractivity contribution in [2.75, 3.05) is 45.9 Å². The molecule has 0 radical (unpaired) electrons. The van der Waals surface area contributed by atoms with Crippen LogP contribution in [0.3, 0.4) is 0 Å². The molecule has 0 bridgehead atoms. The average molecular weight is 257 g/mol. The van der Waals surface area contributed by atoms with Gasteiger partial charge in [0.25, 0.3) is 5.91 Å². The first-order valence-electron chi connectivity index (χ1n) is 6.72. The van der Waals surface area contributed by atoms with Gasteiger partial charge in [-0.3, -0.25) is 9.69 Å². The summed E-state index contributed by atoms with van der Waals surface area (Å²) < 4.78 is 5.63. The molecule has 2 aliphatic heterocycles. The van der Waals surface area contributed by atoms with Crippen molar-refractivity contribution < 1.29 is 14.6 Å². The van der Waals surface area contributed by atoms with Crippen molar-refractivity contribution in [1.82, 2.24) is 9.80 Å². The number of aliphatic hydroxyl groups excluding tert-OH is 1. The quantitative estimate of drug-likeness (QED) is 0.649. The Morgan fingerprint density at radius 2 is 2.00 bits per heavy atom. The average Bonchev–Trinajstić information content (AvgIpc) is 2.88. The van der Waals surface area contributed by atoms with Gasteiger partial charge in [-0.2, -0.15) is 0 Å². The molecule has 3 N–H and O–H groups in total. The van der Waals surface area contributed by atoms with Crippen LogP contribution in [0.2, 0.25) is 0 Å². The lowest BCUT2D eigenvalue weighted by Gasteiger charge is -2.35. The largest absolute Gasteiger partial charge is 0.395 e. The van der Waals surface area contributed by atoms with Crippen molar-refractivity contribution in [2.45, 2.75) is 25.0 Å². The van der Waals surface area contributed by atoms with E-state index < -0.39 is 0 Å². The van der Waals surface area contributed by atoms with Gasteiger partial charge in [0.2, 0.25) is 0 Å². The van der Waals surface area contributed by atoms with Crippen LogP contribution in [0.25, 0.3) is 0 Å². The second-order valence-electron chi connectivity index (χ2n) is 4.95. The Labute approximate surface area is 108 Å². The van der Waals surface area contributed by atoms with E-state index in [-0.39, 0.29) is 24.7 Å². The number of rotatable bonds is 4. The van der Waals surface area contributed by atoms with Gasteiger partial charge in [0.15, 0.2) is 0 Å². The van der Waals surface area contributed by atoms with E-state index in [1.54, 1.807) is 0 Å². The molecule has 0 aromatic rings. The lowest BCUT2D eigenvalue weighted by Crippen LogP contribution is -2.51. The molecule has 2 fully saturated rings. The number of carbonyl (C=O) groups excluding carboxylic acids is 1. The standard InChI is InChI=1S/C12H23N3O3/c13-9-10-1-2-11(18-10)12(17)15-5-3-14(4-6-15)7-8-16/h10-11,16H,1-9,13H2. The number of piperazine rings is 1. The molecule has 0 spiro atoms. The summed E-state index contributed by atoms with van der Waals surface area (Å²) in [6.45, 7) is 4.49. The Bertz CT molecular complexity index is 280. The highest BCUT2D eigenvalue weighted by Crippen LogP contribution is 2.21. The zero-order valence-electron chi connectivity index (χ0n) is 10.8. The van der Waals surface area contributed by atoms with Crippen molar-refractivity contribution in [2.24, 2.45) is 5.73 Å². The van der Waals surface area contributed by atoms with Crippen molar-refractivity contribution in [3.63, 3.8) is 0 Å². The Hall–Kier alpha value is -0.690. The first-order valence-corrected chi connectivity index (χ1v) is 6.72. The fourth-order valence-corrected chi connectivity index (χ4v) is 2.60. The third-order valence-corrected chi connectivity index (χ3v) is 3.75. The second kappa shape index (κ2) is 6.47. The lowest BCUT2D eigenvalue weighted by molar-refractivity contribution is -0.144. The van der Waals surface area contributed by atoms with Crippen LogP contribution in [-0.4, -0.2) is 78.9 Å². The Kier molecular flexibility index (Phi) is 4.94. The Morgan fingerprint density at radius 1 is 1.28 bits per heavy atom. The number of carbonyl (C=O) groups is 1. The highest BCUT2D eigenvalue weighted by molar-refractivity contribution is 5.81. The molecule has 6 nitrogen and oxygen atoms in total. The van der Waals surface area contributed by atoms with Crippen LogP contribution in [0, 0.1) is 0 Å². The van der Waals surface area contributed by atoms with Gasteiger partial charge in [-0.1, -0.05) is 0 Å². The van der Waals surface area contributed by atoms with E-state index in [0.717, 1.165) is 39.0 Å². The summed E-state index contributed by atoms with van der Waals surface area (Å²) in [4.78, 5) is 16.3. The summed E-state index contributed by atoms with van der Waals surface area (Å²) in [5, 5.41) is 8.87. The third-order valence-electron chi connectivity index (χ3n) is 3.75. The zero-order chi connectivity index (χ0) is 13.0. The SMILES string of the molecule is NCC1CCC(C(=O)N2CCN(CCO)CC2)O1. The molecule has 2 rings (SSSR count). The third kappa shape index (κ3) is 3.20. The minimum absolute atomic E-state index is 0.0506. The topological polar surface area (TPSA) is 79.0 Å². The molecular weight excluding hydrogens is 234 g/mol. The molecular formula is C12H23N3O3. The Morgan fingerprint density at radius 3 is 2.56 bits per heavy atom. The predicted octanol–water partition coefficient (Wildman–Crippen LogP) is -1.37. The fraction of sp³-hybridized carbons (Fsp3) is 0.917. The molecule has 2 unspecified atom stereocenters. The monoisotopic (exact) mass is 257 g/mol. The smallest absolute Gasteiger partial charge is 0.251 e. The van der Waals surface area contributed by atoms with Gasteiger partial charge in [-0.05, 0) is 12.8 Å². The minimum atomic E-state index is -0.289. The molecule has 104 valence electrons. The molecule has 0 saturated carbocycles. The summed E-state index contributed by atoms with van der Waals surface area (Å²) >= 11 is 0. The summed E-state index contributed by atoms with van der Waals surface area (Å²) in [5.41, 5.74) is 5.55. The maximum Gasteiger partial charge on any atom is 0.251 e. The lowest BCUT2D eigenvalue weighted by atomic mass is 10.1. The molecule has 2 saturated heterocycles. The van der Waals surface area contributed by atoms with Gasteiger partial charge in [-0.25, -0.2) is 0 Å². The number of hydrogen-bond donors (Lipinski definition) is 2. The van der Waals surface area contributed by atoms with Gasteiger partial charge in [-0.15, -0.1) is 0 Å². The predicted molar refractivity (Wildman–Crippen MR) is 67.1 cm³/mol. The number of nitrogens with zero attached hydrogens (tertiary/aromatic N) is 2. The van der Waals surface area contributed by atoms with E-state index in [0.29, 0.717) is 13.1 Å². The number of ether oxygens (including phenoxy) is 1. The Balaban J connectivity index is 1.77. The number of β-amino-alcohol motifs (C(OH)–C–C–N with tert-alkyl or cyclic N) is 1. The number of aliphatic hydroxyl groups is 1. The number of hydrogen-bond acceptors (Lipinski definition) is 5. The molecule has 6 heteroatoms. The molecule has 2 atom stereocenters. The van der Waals surface area contributed by atoms with E-state index in [1.165, 1.54) is 0 Å².